The number of amides is 1. The molecular formula is C17H12Cl4N2O2S. The lowest BCUT2D eigenvalue weighted by atomic mass is 10.2. The number of methoxy groups -OCH3 is 1. The zero-order valence-corrected chi connectivity index (χ0v) is 17.3. The molecule has 0 aliphatic carbocycles. The first-order valence-corrected chi connectivity index (χ1v) is 9.74. The highest BCUT2D eigenvalue weighted by Crippen LogP contribution is 2.29. The summed E-state index contributed by atoms with van der Waals surface area (Å²) in [6, 6.07) is 8.05. The van der Waals surface area contributed by atoms with E-state index in [-0.39, 0.29) is 0 Å². The normalized spacial score (nSPS) is 12.1. The van der Waals surface area contributed by atoms with Crippen LogP contribution in [0.1, 0.15) is 10.4 Å². The Labute approximate surface area is 173 Å². The number of carbonyl (C=O) groups is 1. The lowest BCUT2D eigenvalue weighted by Crippen LogP contribution is -2.19. The van der Waals surface area contributed by atoms with Gasteiger partial charge in [0.25, 0.3) is 5.91 Å². The average Bonchev–Trinajstić information content (AvgIpc) is 2.89. The first-order valence-electron chi connectivity index (χ1n) is 7.41. The molecule has 0 spiro atoms. The summed E-state index contributed by atoms with van der Waals surface area (Å²) in [5.74, 6) is -0.450. The second-order valence-corrected chi connectivity index (χ2v) is 8.06. The summed E-state index contributed by atoms with van der Waals surface area (Å²) in [5, 5.41) is 1.74. The first kappa shape index (κ1) is 19.7. The summed E-state index contributed by atoms with van der Waals surface area (Å²) < 4.78 is 7.82. The van der Waals surface area contributed by atoms with Crippen molar-refractivity contribution in [1.82, 2.24) is 4.57 Å². The fourth-order valence-corrected chi connectivity index (χ4v) is 4.80. The SMILES string of the molecule is COCCn1c(=NC(=O)c2cc(Cl)cc(Cl)c2)sc2cc(Cl)cc(Cl)c21. The van der Waals surface area contributed by atoms with Gasteiger partial charge in [-0.25, -0.2) is 0 Å². The predicted molar refractivity (Wildman–Crippen MR) is 108 cm³/mol. The van der Waals surface area contributed by atoms with Crippen LogP contribution < -0.4 is 4.80 Å². The van der Waals surface area contributed by atoms with Crippen LogP contribution in [-0.2, 0) is 11.3 Å². The van der Waals surface area contributed by atoms with E-state index in [1.54, 1.807) is 25.3 Å². The van der Waals surface area contributed by atoms with E-state index in [1.165, 1.54) is 23.5 Å². The first-order chi connectivity index (χ1) is 12.4. The molecule has 4 nitrogen and oxygen atoms in total. The Hall–Kier alpha value is -1.08. The molecule has 1 aromatic heterocycles. The van der Waals surface area contributed by atoms with Crippen LogP contribution >= 0.6 is 57.7 Å². The molecule has 0 radical (unpaired) electrons. The van der Waals surface area contributed by atoms with Crippen molar-refractivity contribution in [3.05, 3.63) is 60.8 Å². The van der Waals surface area contributed by atoms with E-state index in [2.05, 4.69) is 4.99 Å². The fraction of sp³-hybridized carbons (Fsp3) is 0.176. The van der Waals surface area contributed by atoms with Crippen LogP contribution in [0.5, 0.6) is 0 Å². The highest BCUT2D eigenvalue weighted by molar-refractivity contribution is 7.16. The Morgan fingerprint density at radius 2 is 1.73 bits per heavy atom. The second-order valence-electron chi connectivity index (χ2n) is 5.34. The number of fused-ring (bicyclic) bond motifs is 1. The molecule has 0 fully saturated rings. The number of hydrogen-bond acceptors (Lipinski definition) is 3. The summed E-state index contributed by atoms with van der Waals surface area (Å²) in [6.07, 6.45) is 0. The minimum absolute atomic E-state index is 0.308. The molecule has 2 aromatic carbocycles. The van der Waals surface area contributed by atoms with Gasteiger partial charge in [-0.15, -0.1) is 0 Å². The van der Waals surface area contributed by atoms with E-state index in [4.69, 9.17) is 51.1 Å². The minimum atomic E-state index is -0.450. The van der Waals surface area contributed by atoms with Crippen molar-refractivity contribution < 1.29 is 9.53 Å². The maximum atomic E-state index is 12.6. The molecular weight excluding hydrogens is 438 g/mol. The largest absolute Gasteiger partial charge is 0.383 e. The number of nitrogens with zero attached hydrogens (tertiary/aromatic N) is 2. The molecule has 0 saturated heterocycles. The number of rotatable bonds is 4. The number of aromatic nitrogens is 1. The van der Waals surface area contributed by atoms with E-state index in [0.717, 1.165) is 10.2 Å². The smallest absolute Gasteiger partial charge is 0.279 e. The lowest BCUT2D eigenvalue weighted by Gasteiger charge is -2.06. The van der Waals surface area contributed by atoms with Gasteiger partial charge < -0.3 is 9.30 Å². The Balaban J connectivity index is 2.17. The molecule has 3 rings (SSSR count). The molecule has 0 unspecified atom stereocenters. The summed E-state index contributed by atoms with van der Waals surface area (Å²) in [7, 11) is 1.60. The molecule has 1 amide bonds. The number of halogens is 4. The van der Waals surface area contributed by atoms with Crippen LogP contribution in [0.4, 0.5) is 0 Å². The number of benzene rings is 2. The second kappa shape index (κ2) is 8.30. The van der Waals surface area contributed by atoms with Gasteiger partial charge in [0, 0.05) is 34.3 Å². The monoisotopic (exact) mass is 448 g/mol. The summed E-state index contributed by atoms with van der Waals surface area (Å²) in [4.78, 5) is 17.3. The van der Waals surface area contributed by atoms with Crippen LogP contribution in [0.25, 0.3) is 10.2 Å². The molecule has 136 valence electrons. The van der Waals surface area contributed by atoms with Crippen molar-refractivity contribution in [1.29, 1.82) is 0 Å². The zero-order valence-electron chi connectivity index (χ0n) is 13.4. The van der Waals surface area contributed by atoms with Crippen molar-refractivity contribution in [3.8, 4) is 0 Å². The van der Waals surface area contributed by atoms with E-state index in [0.29, 0.717) is 43.6 Å². The van der Waals surface area contributed by atoms with Gasteiger partial charge in [-0.2, -0.15) is 4.99 Å². The Kier molecular flexibility index (Phi) is 6.28. The predicted octanol–water partition coefficient (Wildman–Crippen LogP) is 5.70. The van der Waals surface area contributed by atoms with Gasteiger partial charge in [-0.3, -0.25) is 4.79 Å². The molecule has 0 aliphatic heterocycles. The van der Waals surface area contributed by atoms with Gasteiger partial charge >= 0.3 is 0 Å². The van der Waals surface area contributed by atoms with Crippen molar-refractivity contribution in [2.24, 2.45) is 4.99 Å². The van der Waals surface area contributed by atoms with Gasteiger partial charge in [0.05, 0.1) is 21.8 Å². The molecule has 0 saturated carbocycles. The third kappa shape index (κ3) is 4.25. The molecule has 26 heavy (non-hydrogen) atoms. The van der Waals surface area contributed by atoms with Gasteiger partial charge in [0.1, 0.15) is 0 Å². The molecule has 0 atom stereocenters. The molecule has 0 N–H and O–H groups in total. The summed E-state index contributed by atoms with van der Waals surface area (Å²) in [6.45, 7) is 0.926. The average molecular weight is 450 g/mol. The zero-order chi connectivity index (χ0) is 18.8. The minimum Gasteiger partial charge on any atom is -0.383 e. The molecule has 0 bridgehead atoms. The highest BCUT2D eigenvalue weighted by atomic mass is 35.5. The van der Waals surface area contributed by atoms with Crippen LogP contribution in [-0.4, -0.2) is 24.2 Å². The van der Waals surface area contributed by atoms with E-state index >= 15 is 0 Å². The van der Waals surface area contributed by atoms with Crippen molar-refractivity contribution >= 4 is 73.9 Å². The topological polar surface area (TPSA) is 43.6 Å². The van der Waals surface area contributed by atoms with Crippen molar-refractivity contribution in [2.45, 2.75) is 6.54 Å². The number of carbonyl (C=O) groups excluding carboxylic acids is 1. The quantitative estimate of drug-likeness (QED) is 0.512. The van der Waals surface area contributed by atoms with E-state index < -0.39 is 5.91 Å². The van der Waals surface area contributed by atoms with Crippen molar-refractivity contribution in [2.75, 3.05) is 13.7 Å². The molecule has 9 heteroatoms. The lowest BCUT2D eigenvalue weighted by molar-refractivity contribution is 0.0997. The van der Waals surface area contributed by atoms with E-state index in [9.17, 15) is 4.79 Å². The fourth-order valence-electron chi connectivity index (χ4n) is 2.43. The van der Waals surface area contributed by atoms with Crippen LogP contribution in [0, 0.1) is 0 Å². The number of ether oxygens (including phenoxy) is 1. The maximum absolute atomic E-state index is 12.6. The summed E-state index contributed by atoms with van der Waals surface area (Å²) in [5.41, 5.74) is 1.07. The number of thiazole rings is 1. The standard InChI is InChI=1S/C17H12Cl4N2O2S/c1-25-3-2-23-15-13(21)7-12(20)8-14(15)26-17(23)22-16(24)9-4-10(18)6-11(19)5-9/h4-8H,2-3H2,1H3. The van der Waals surface area contributed by atoms with Gasteiger partial charge in [0.2, 0.25) is 0 Å². The van der Waals surface area contributed by atoms with Gasteiger partial charge in [-0.1, -0.05) is 57.7 Å². The molecule has 1 heterocycles. The molecule has 3 aromatic rings. The van der Waals surface area contributed by atoms with Gasteiger partial charge in [0.15, 0.2) is 4.80 Å². The van der Waals surface area contributed by atoms with Gasteiger partial charge in [-0.05, 0) is 30.3 Å². The number of hydrogen-bond donors (Lipinski definition) is 0. The van der Waals surface area contributed by atoms with Crippen molar-refractivity contribution in [3.63, 3.8) is 0 Å². The maximum Gasteiger partial charge on any atom is 0.279 e. The van der Waals surface area contributed by atoms with Crippen LogP contribution in [0.15, 0.2) is 35.3 Å². The van der Waals surface area contributed by atoms with Crippen LogP contribution in [0.2, 0.25) is 20.1 Å². The third-order valence-electron chi connectivity index (χ3n) is 3.52. The molecule has 0 aliphatic rings. The Bertz CT molecular complexity index is 1040. The van der Waals surface area contributed by atoms with E-state index in [1.807, 2.05) is 4.57 Å². The Morgan fingerprint density at radius 3 is 2.38 bits per heavy atom. The third-order valence-corrected chi connectivity index (χ3v) is 5.49. The highest BCUT2D eigenvalue weighted by Gasteiger charge is 2.13. The summed E-state index contributed by atoms with van der Waals surface area (Å²) >= 11 is 25.7. The van der Waals surface area contributed by atoms with Crippen LogP contribution in [0.3, 0.4) is 0 Å². The Morgan fingerprint density at radius 1 is 1.08 bits per heavy atom.